The fraction of sp³-hybridized carbons (Fsp3) is 0.500. The van der Waals surface area contributed by atoms with Crippen LogP contribution < -0.4 is 10.6 Å². The highest BCUT2D eigenvalue weighted by Gasteiger charge is 2.49. The molecule has 2 aromatic carbocycles. The Balaban J connectivity index is 1.76. The molecule has 0 saturated carbocycles. The molecule has 0 radical (unpaired) electrons. The van der Waals surface area contributed by atoms with Crippen LogP contribution in [-0.4, -0.2) is 40.2 Å². The van der Waals surface area contributed by atoms with E-state index in [1.165, 1.54) is 11.1 Å². The molecular formula is C30H39N3O3. The van der Waals surface area contributed by atoms with Crippen LogP contribution in [0.4, 0.5) is 0 Å². The standard InChI is InChI=1S/C30H39N3O3/c1-18(2)15-24-27(34)31-25(23-16-21-9-7-8-10-22(21)17-23)29(36)33(24)26(28(35)32-30(4,5)6)20-13-11-19(3)12-14-20/h7-14,18,23-26H,15-17H2,1-6H3,(H,31,34)(H,32,35)/t24-,25-,26-/m1/s1. The summed E-state index contributed by atoms with van der Waals surface area (Å²) in [4.78, 5) is 43.3. The summed E-state index contributed by atoms with van der Waals surface area (Å²) in [6.45, 7) is 11.8. The van der Waals surface area contributed by atoms with E-state index in [0.717, 1.165) is 18.4 Å². The van der Waals surface area contributed by atoms with Gasteiger partial charge >= 0.3 is 0 Å². The first-order valence-electron chi connectivity index (χ1n) is 13.0. The highest BCUT2D eigenvalue weighted by Crippen LogP contribution is 2.35. The highest BCUT2D eigenvalue weighted by atomic mass is 16.2. The summed E-state index contributed by atoms with van der Waals surface area (Å²) >= 11 is 0. The van der Waals surface area contributed by atoms with Crippen molar-refractivity contribution in [1.82, 2.24) is 15.5 Å². The molecule has 0 bridgehead atoms. The number of aryl methyl sites for hydroxylation is 1. The van der Waals surface area contributed by atoms with Crippen molar-refractivity contribution in [1.29, 1.82) is 0 Å². The molecule has 1 aliphatic heterocycles. The van der Waals surface area contributed by atoms with E-state index in [9.17, 15) is 14.4 Å². The number of fused-ring (bicyclic) bond motifs is 1. The lowest BCUT2D eigenvalue weighted by atomic mass is 9.87. The molecule has 36 heavy (non-hydrogen) atoms. The van der Waals surface area contributed by atoms with Gasteiger partial charge < -0.3 is 15.5 Å². The Bertz CT molecular complexity index is 1110. The van der Waals surface area contributed by atoms with Gasteiger partial charge in [0.05, 0.1) is 0 Å². The van der Waals surface area contributed by atoms with Crippen LogP contribution in [0.3, 0.4) is 0 Å². The lowest BCUT2D eigenvalue weighted by Crippen LogP contribution is -2.67. The minimum absolute atomic E-state index is 0.0364. The smallest absolute Gasteiger partial charge is 0.247 e. The SMILES string of the molecule is Cc1ccc([C@H](C(=O)NC(C)(C)C)N2C(=O)[C@@H](C3Cc4ccccc4C3)NC(=O)[C@H]2CC(C)C)cc1. The molecule has 0 spiro atoms. The van der Waals surface area contributed by atoms with Gasteiger partial charge in [0, 0.05) is 5.54 Å². The Hall–Kier alpha value is -3.15. The first-order chi connectivity index (χ1) is 16.9. The van der Waals surface area contributed by atoms with Gasteiger partial charge in [-0.2, -0.15) is 0 Å². The van der Waals surface area contributed by atoms with Crippen LogP contribution in [0.15, 0.2) is 48.5 Å². The zero-order valence-electron chi connectivity index (χ0n) is 22.3. The largest absolute Gasteiger partial charge is 0.349 e. The van der Waals surface area contributed by atoms with Crippen molar-refractivity contribution in [3.8, 4) is 0 Å². The minimum Gasteiger partial charge on any atom is -0.349 e. The van der Waals surface area contributed by atoms with Crippen LogP contribution in [0.2, 0.25) is 0 Å². The van der Waals surface area contributed by atoms with E-state index in [1.807, 2.05) is 77.9 Å². The van der Waals surface area contributed by atoms with E-state index >= 15 is 0 Å². The molecule has 2 aromatic rings. The van der Waals surface area contributed by atoms with E-state index in [1.54, 1.807) is 4.90 Å². The van der Waals surface area contributed by atoms with Gasteiger partial charge in [-0.05, 0) is 75.5 Å². The summed E-state index contributed by atoms with van der Waals surface area (Å²) in [5.74, 6) is -0.479. The number of rotatable bonds is 6. The van der Waals surface area contributed by atoms with Crippen molar-refractivity contribution in [3.05, 3.63) is 70.8 Å². The van der Waals surface area contributed by atoms with Gasteiger partial charge in [-0.25, -0.2) is 0 Å². The van der Waals surface area contributed by atoms with E-state index in [4.69, 9.17) is 0 Å². The van der Waals surface area contributed by atoms with Crippen molar-refractivity contribution >= 4 is 17.7 Å². The van der Waals surface area contributed by atoms with Crippen molar-refractivity contribution in [2.45, 2.75) is 84.5 Å². The molecule has 1 heterocycles. The fourth-order valence-electron chi connectivity index (χ4n) is 5.50. The Kier molecular flexibility index (Phi) is 7.26. The van der Waals surface area contributed by atoms with Gasteiger partial charge in [-0.3, -0.25) is 14.4 Å². The summed E-state index contributed by atoms with van der Waals surface area (Å²) in [7, 11) is 0. The quantitative estimate of drug-likeness (QED) is 0.641. The molecule has 6 heteroatoms. The first-order valence-corrected chi connectivity index (χ1v) is 13.0. The maximum absolute atomic E-state index is 14.3. The molecular weight excluding hydrogens is 450 g/mol. The zero-order chi connectivity index (χ0) is 26.2. The second-order valence-electron chi connectivity index (χ2n) is 11.9. The summed E-state index contributed by atoms with van der Waals surface area (Å²) in [5, 5.41) is 6.14. The van der Waals surface area contributed by atoms with E-state index in [-0.39, 0.29) is 29.6 Å². The number of carbonyl (C=O) groups excluding carboxylic acids is 3. The van der Waals surface area contributed by atoms with Gasteiger partial charge in [0.15, 0.2) is 0 Å². The Morgan fingerprint density at radius 3 is 2.14 bits per heavy atom. The third kappa shape index (κ3) is 5.48. The molecule has 0 unspecified atom stereocenters. The minimum atomic E-state index is -0.890. The number of piperazine rings is 1. The van der Waals surface area contributed by atoms with Gasteiger partial charge in [0.1, 0.15) is 18.1 Å². The molecule has 1 fully saturated rings. The second kappa shape index (κ2) is 10.1. The molecule has 4 rings (SSSR count). The maximum atomic E-state index is 14.3. The number of benzene rings is 2. The predicted molar refractivity (Wildman–Crippen MR) is 141 cm³/mol. The second-order valence-corrected chi connectivity index (χ2v) is 11.9. The monoisotopic (exact) mass is 489 g/mol. The van der Waals surface area contributed by atoms with Crippen molar-refractivity contribution in [3.63, 3.8) is 0 Å². The normalized spacial score (nSPS) is 21.4. The third-order valence-electron chi connectivity index (χ3n) is 7.12. The topological polar surface area (TPSA) is 78.5 Å². The van der Waals surface area contributed by atoms with Gasteiger partial charge in [0.2, 0.25) is 17.7 Å². The summed E-state index contributed by atoms with van der Waals surface area (Å²) < 4.78 is 0. The first kappa shape index (κ1) is 25.9. The number of hydrogen-bond acceptors (Lipinski definition) is 3. The number of amides is 3. The highest BCUT2D eigenvalue weighted by molar-refractivity contribution is 6.00. The van der Waals surface area contributed by atoms with Gasteiger partial charge in [-0.15, -0.1) is 0 Å². The number of hydrogen-bond donors (Lipinski definition) is 2. The van der Waals surface area contributed by atoms with Crippen molar-refractivity contribution in [2.75, 3.05) is 0 Å². The number of carbonyl (C=O) groups is 3. The predicted octanol–water partition coefficient (Wildman–Crippen LogP) is 4.11. The molecule has 2 N–H and O–H groups in total. The van der Waals surface area contributed by atoms with E-state index in [0.29, 0.717) is 12.0 Å². The van der Waals surface area contributed by atoms with Crippen molar-refractivity contribution < 1.29 is 14.4 Å². The molecule has 192 valence electrons. The lowest BCUT2D eigenvalue weighted by Gasteiger charge is -2.45. The molecule has 0 aromatic heterocycles. The van der Waals surface area contributed by atoms with Crippen LogP contribution in [0, 0.1) is 18.8 Å². The number of nitrogens with one attached hydrogen (secondary N) is 2. The van der Waals surface area contributed by atoms with Crippen molar-refractivity contribution in [2.24, 2.45) is 11.8 Å². The molecule has 1 saturated heterocycles. The van der Waals surface area contributed by atoms with Crippen LogP contribution in [-0.2, 0) is 27.2 Å². The molecule has 2 aliphatic rings. The Morgan fingerprint density at radius 2 is 1.61 bits per heavy atom. The van der Waals surface area contributed by atoms with E-state index in [2.05, 4.69) is 22.8 Å². The fourth-order valence-corrected chi connectivity index (χ4v) is 5.50. The average Bonchev–Trinajstić information content (AvgIpc) is 3.22. The summed E-state index contributed by atoms with van der Waals surface area (Å²) in [5.41, 5.74) is 3.74. The Labute approximate surface area is 214 Å². The molecule has 1 aliphatic carbocycles. The van der Waals surface area contributed by atoms with Crippen LogP contribution in [0.5, 0.6) is 0 Å². The maximum Gasteiger partial charge on any atom is 0.247 e. The lowest BCUT2D eigenvalue weighted by molar-refractivity contribution is -0.158. The Morgan fingerprint density at radius 1 is 1.03 bits per heavy atom. The van der Waals surface area contributed by atoms with Crippen LogP contribution >= 0.6 is 0 Å². The summed E-state index contributed by atoms with van der Waals surface area (Å²) in [6, 6.07) is 13.6. The van der Waals surface area contributed by atoms with Gasteiger partial charge in [0.25, 0.3) is 0 Å². The molecule has 3 atom stereocenters. The van der Waals surface area contributed by atoms with Crippen LogP contribution in [0.1, 0.15) is 69.3 Å². The molecule has 3 amide bonds. The third-order valence-corrected chi connectivity index (χ3v) is 7.12. The van der Waals surface area contributed by atoms with Crippen LogP contribution in [0.25, 0.3) is 0 Å². The summed E-state index contributed by atoms with van der Waals surface area (Å²) in [6.07, 6.45) is 1.96. The van der Waals surface area contributed by atoms with E-state index < -0.39 is 23.7 Å². The zero-order valence-corrected chi connectivity index (χ0v) is 22.3. The average molecular weight is 490 g/mol. The van der Waals surface area contributed by atoms with Gasteiger partial charge in [-0.1, -0.05) is 67.9 Å². The molecule has 6 nitrogen and oxygen atoms in total. The number of nitrogens with zero attached hydrogens (tertiary/aromatic N) is 1.